The SMILES string of the molecule is [2H]c1c([2H])c([2H])c(-c2cccc(-c3cc(C(C)(C)C)cc(C(C)(C)C)c3)c2-[n+]2[c-]n(-c3cccc(Oc4ccc5c6c([2H])c([2H])c([2H])c([2H])c6n(-c6cc(CC(C)(C)C)ccn6)c5c4)c3)c3ccccc32)c([2H])c1[2H]. The highest BCUT2D eigenvalue weighted by Gasteiger charge is 2.25. The minimum atomic E-state index is -0.466. The van der Waals surface area contributed by atoms with E-state index in [0.29, 0.717) is 56.1 Å². The van der Waals surface area contributed by atoms with Gasteiger partial charge in [-0.1, -0.05) is 177 Å². The average molecular weight is 872 g/mol. The van der Waals surface area contributed by atoms with Crippen LogP contribution in [0.5, 0.6) is 11.5 Å². The second-order valence-corrected chi connectivity index (χ2v) is 20.4. The largest absolute Gasteiger partial charge is 0.458 e. The molecule has 0 N–H and O–H groups in total. The van der Waals surface area contributed by atoms with Crippen LogP contribution in [-0.2, 0) is 17.3 Å². The van der Waals surface area contributed by atoms with Crippen LogP contribution in [0, 0.1) is 11.7 Å². The summed E-state index contributed by atoms with van der Waals surface area (Å²) < 4.78 is 92.0. The molecule has 0 aliphatic rings. The normalized spacial score (nSPS) is 14.3. The Morgan fingerprint density at radius 2 is 1.27 bits per heavy atom. The van der Waals surface area contributed by atoms with Crippen LogP contribution < -0.4 is 9.30 Å². The predicted molar refractivity (Wildman–Crippen MR) is 274 cm³/mol. The summed E-state index contributed by atoms with van der Waals surface area (Å²) in [5, 5.41) is 1.02. The number of benzene rings is 7. The number of pyridine rings is 1. The third kappa shape index (κ3) is 8.19. The monoisotopic (exact) mass is 872 g/mol. The van der Waals surface area contributed by atoms with Crippen molar-refractivity contribution in [1.29, 1.82) is 0 Å². The summed E-state index contributed by atoms with van der Waals surface area (Å²) in [6.45, 7) is 19.6. The standard InChI is InChI=1S/C61H58N4O/c1-59(2,3)39-41-31-32-62-57(33-41)65-53-26-14-13-23-51(53)52-30-29-48(38-56(52)65)66-47-22-17-21-46(37-47)63-40-64(55-28-16-15-27-54(55)63)58-49(42-19-11-10-12-20-42)24-18-25-50(58)43-34-44(60(4,5)6)36-45(35-43)61(7,8)9/h10-38H,39H2,1-9H3/i10D,11D,12D,13D,14D,19D,20D,23D,26D. The first kappa shape index (κ1) is 33.3. The predicted octanol–water partition coefficient (Wildman–Crippen LogP) is 15.5. The van der Waals surface area contributed by atoms with E-state index in [-0.39, 0.29) is 58.1 Å². The fraction of sp³-hybridized carbons (Fsp3) is 0.213. The molecule has 5 nitrogen and oxygen atoms in total. The topological polar surface area (TPSA) is 35.9 Å². The fourth-order valence-corrected chi connectivity index (χ4v) is 8.80. The van der Waals surface area contributed by atoms with E-state index in [9.17, 15) is 2.74 Å². The number of hydrogen-bond donors (Lipinski definition) is 0. The highest BCUT2D eigenvalue weighted by atomic mass is 16.5. The summed E-state index contributed by atoms with van der Waals surface area (Å²) in [6, 6.07) is 34.4. The van der Waals surface area contributed by atoms with Crippen molar-refractivity contribution in [3.63, 3.8) is 0 Å². The minimum Gasteiger partial charge on any atom is -0.458 e. The summed E-state index contributed by atoms with van der Waals surface area (Å²) in [4.78, 5) is 4.75. The number of para-hydroxylation sites is 4. The molecule has 0 atom stereocenters. The Morgan fingerprint density at radius 1 is 0.591 bits per heavy atom. The molecule has 3 heterocycles. The van der Waals surface area contributed by atoms with E-state index in [4.69, 9.17) is 19.3 Å². The number of hydrogen-bond acceptors (Lipinski definition) is 2. The van der Waals surface area contributed by atoms with Crippen LogP contribution in [0.2, 0.25) is 0 Å². The molecule has 0 radical (unpaired) electrons. The first-order valence-corrected chi connectivity index (χ1v) is 22.4. The molecule has 3 aromatic heterocycles. The zero-order chi connectivity index (χ0) is 53.8. The maximum Gasteiger partial charge on any atom is 0.269 e. The lowest BCUT2D eigenvalue weighted by Crippen LogP contribution is -2.31. The molecular formula is C61H58N4O. The molecule has 10 rings (SSSR count). The van der Waals surface area contributed by atoms with E-state index in [1.54, 1.807) is 16.8 Å². The highest BCUT2D eigenvalue weighted by Crippen LogP contribution is 2.40. The molecule has 0 aliphatic carbocycles. The summed E-state index contributed by atoms with van der Waals surface area (Å²) in [7, 11) is 0. The van der Waals surface area contributed by atoms with Gasteiger partial charge in [-0.3, -0.25) is 13.7 Å². The quantitative estimate of drug-likeness (QED) is 0.113. The van der Waals surface area contributed by atoms with Crippen LogP contribution in [0.3, 0.4) is 0 Å². The van der Waals surface area contributed by atoms with Crippen LogP contribution in [0.25, 0.3) is 72.3 Å². The van der Waals surface area contributed by atoms with E-state index in [2.05, 4.69) is 86.8 Å². The van der Waals surface area contributed by atoms with Crippen molar-refractivity contribution >= 4 is 32.8 Å². The summed E-state index contributed by atoms with van der Waals surface area (Å²) >= 11 is 0. The highest BCUT2D eigenvalue weighted by molar-refractivity contribution is 6.09. The van der Waals surface area contributed by atoms with Crippen molar-refractivity contribution in [1.82, 2.24) is 14.1 Å². The Hall–Kier alpha value is -7.24. The van der Waals surface area contributed by atoms with Gasteiger partial charge in [0.1, 0.15) is 17.3 Å². The molecule has 0 fully saturated rings. The third-order valence-corrected chi connectivity index (χ3v) is 12.0. The lowest BCUT2D eigenvalue weighted by Gasteiger charge is -2.27. The molecular weight excluding hydrogens is 805 g/mol. The summed E-state index contributed by atoms with van der Waals surface area (Å²) in [6.07, 6.45) is 6.16. The van der Waals surface area contributed by atoms with Crippen LogP contribution in [0.1, 0.15) is 91.3 Å². The summed E-state index contributed by atoms with van der Waals surface area (Å²) in [5.41, 5.74) is 8.84. The van der Waals surface area contributed by atoms with Crippen molar-refractivity contribution in [2.24, 2.45) is 5.41 Å². The van der Waals surface area contributed by atoms with E-state index < -0.39 is 18.1 Å². The maximum absolute atomic E-state index is 9.21. The molecule has 0 spiro atoms. The second kappa shape index (κ2) is 16.3. The number of fused-ring (bicyclic) bond motifs is 4. The minimum absolute atomic E-state index is 0.0138. The summed E-state index contributed by atoms with van der Waals surface area (Å²) in [5.74, 6) is 1.48. The lowest BCUT2D eigenvalue weighted by molar-refractivity contribution is -0.571. The van der Waals surface area contributed by atoms with Crippen molar-refractivity contribution in [3.05, 3.63) is 199 Å². The van der Waals surface area contributed by atoms with E-state index >= 15 is 0 Å². The molecule has 66 heavy (non-hydrogen) atoms. The van der Waals surface area contributed by atoms with Crippen molar-refractivity contribution < 1.29 is 21.6 Å². The first-order chi connectivity index (χ1) is 35.3. The van der Waals surface area contributed by atoms with E-state index in [0.717, 1.165) is 45.3 Å². The molecule has 7 aromatic carbocycles. The Bertz CT molecular complexity index is 3910. The molecule has 0 saturated heterocycles. The molecule has 0 saturated carbocycles. The maximum atomic E-state index is 9.21. The van der Waals surface area contributed by atoms with Crippen LogP contribution in [0.4, 0.5) is 0 Å². The number of ether oxygens (including phenoxy) is 1. The van der Waals surface area contributed by atoms with Gasteiger partial charge < -0.3 is 4.74 Å². The molecule has 0 aliphatic heterocycles. The molecule has 0 bridgehead atoms. The van der Waals surface area contributed by atoms with Gasteiger partial charge in [0.05, 0.1) is 45.8 Å². The third-order valence-electron chi connectivity index (χ3n) is 12.0. The Labute approximate surface area is 402 Å². The van der Waals surface area contributed by atoms with Crippen molar-refractivity contribution in [2.45, 2.75) is 79.6 Å². The van der Waals surface area contributed by atoms with Gasteiger partial charge in [0.15, 0.2) is 0 Å². The van der Waals surface area contributed by atoms with E-state index in [1.807, 2.05) is 100 Å². The van der Waals surface area contributed by atoms with Crippen LogP contribution in [0.15, 0.2) is 176 Å². The van der Waals surface area contributed by atoms with Gasteiger partial charge >= 0.3 is 0 Å². The molecule has 5 heteroatoms. The second-order valence-electron chi connectivity index (χ2n) is 20.4. The zero-order valence-electron chi connectivity index (χ0n) is 48.0. The number of imidazole rings is 1. The Balaban J connectivity index is 1.16. The molecule has 10 aromatic rings. The smallest absolute Gasteiger partial charge is 0.269 e. The Kier molecular flexibility index (Phi) is 8.23. The van der Waals surface area contributed by atoms with Gasteiger partial charge in [-0.2, -0.15) is 0 Å². The van der Waals surface area contributed by atoms with Crippen molar-refractivity contribution in [3.8, 4) is 50.9 Å². The van der Waals surface area contributed by atoms with Gasteiger partial charge in [-0.05, 0) is 110 Å². The van der Waals surface area contributed by atoms with Gasteiger partial charge in [-0.15, -0.1) is 0 Å². The molecule has 0 amide bonds. The Morgan fingerprint density at radius 3 is 2.02 bits per heavy atom. The molecule has 0 unspecified atom stereocenters. The first-order valence-electron chi connectivity index (χ1n) is 26.9. The van der Waals surface area contributed by atoms with Gasteiger partial charge in [-0.25, -0.2) is 4.98 Å². The van der Waals surface area contributed by atoms with Gasteiger partial charge in [0.2, 0.25) is 0 Å². The lowest BCUT2D eigenvalue weighted by atomic mass is 9.78. The fourth-order valence-electron chi connectivity index (χ4n) is 8.80. The van der Waals surface area contributed by atoms with Gasteiger partial charge in [0, 0.05) is 23.0 Å². The zero-order valence-corrected chi connectivity index (χ0v) is 39.0. The van der Waals surface area contributed by atoms with E-state index in [1.165, 1.54) is 0 Å². The average Bonchev–Trinajstić information content (AvgIpc) is 3.95. The number of nitrogens with zero attached hydrogens (tertiary/aromatic N) is 4. The van der Waals surface area contributed by atoms with Crippen LogP contribution in [-0.4, -0.2) is 14.1 Å². The number of rotatable bonds is 8. The van der Waals surface area contributed by atoms with Crippen molar-refractivity contribution in [2.75, 3.05) is 0 Å². The van der Waals surface area contributed by atoms with Crippen LogP contribution >= 0.6 is 0 Å². The van der Waals surface area contributed by atoms with Gasteiger partial charge in [0.25, 0.3) is 6.33 Å². The molecule has 328 valence electrons. The number of aromatic nitrogens is 4.